The predicted molar refractivity (Wildman–Crippen MR) is 56.2 cm³/mol. The molecule has 4 heteroatoms. The van der Waals surface area contributed by atoms with Gasteiger partial charge in [-0.2, -0.15) is 0 Å². The van der Waals surface area contributed by atoms with E-state index in [-0.39, 0.29) is 11.8 Å². The van der Waals surface area contributed by atoms with Gasteiger partial charge in [-0.15, -0.1) is 0 Å². The maximum Gasteiger partial charge on any atom is 0.246 e. The van der Waals surface area contributed by atoms with E-state index in [2.05, 4.69) is 10.6 Å². The number of hydrogen-bond donors (Lipinski definition) is 2. The molecule has 84 valence electrons. The fourth-order valence-electron chi connectivity index (χ4n) is 2.40. The molecule has 0 unspecified atom stereocenters. The number of rotatable bonds is 0. The standard InChI is InChI=1S/C11H18N2O2/c1-10(2)8(14)13-11(9(15)12-10)6-4-3-5-7-11/h3-7H2,1-2H3,(H,12,15)(H,13,14). The fourth-order valence-corrected chi connectivity index (χ4v) is 2.40. The third kappa shape index (κ3) is 1.62. The second kappa shape index (κ2) is 3.22. The monoisotopic (exact) mass is 210 g/mol. The van der Waals surface area contributed by atoms with Gasteiger partial charge in [-0.25, -0.2) is 0 Å². The third-order valence-corrected chi connectivity index (χ3v) is 3.49. The zero-order valence-corrected chi connectivity index (χ0v) is 9.35. The van der Waals surface area contributed by atoms with Crippen LogP contribution in [0.5, 0.6) is 0 Å². The number of hydrogen-bond acceptors (Lipinski definition) is 2. The summed E-state index contributed by atoms with van der Waals surface area (Å²) < 4.78 is 0. The molecule has 1 saturated heterocycles. The summed E-state index contributed by atoms with van der Waals surface area (Å²) in [6.07, 6.45) is 4.76. The Morgan fingerprint density at radius 3 is 2.13 bits per heavy atom. The summed E-state index contributed by atoms with van der Waals surface area (Å²) in [5.41, 5.74) is -1.37. The molecule has 0 aromatic heterocycles. The first-order chi connectivity index (χ1) is 6.96. The number of nitrogens with one attached hydrogen (secondary N) is 2. The van der Waals surface area contributed by atoms with E-state index in [1.165, 1.54) is 0 Å². The van der Waals surface area contributed by atoms with Crippen LogP contribution in [0.2, 0.25) is 0 Å². The highest BCUT2D eigenvalue weighted by atomic mass is 16.2. The van der Waals surface area contributed by atoms with Crippen molar-refractivity contribution in [3.63, 3.8) is 0 Å². The van der Waals surface area contributed by atoms with Crippen LogP contribution in [0.4, 0.5) is 0 Å². The molecule has 1 aliphatic heterocycles. The molecule has 2 amide bonds. The van der Waals surface area contributed by atoms with Gasteiger partial charge in [-0.05, 0) is 26.7 Å². The Kier molecular flexibility index (Phi) is 2.24. The van der Waals surface area contributed by atoms with Crippen LogP contribution in [-0.4, -0.2) is 22.9 Å². The molecule has 1 spiro atoms. The highest BCUT2D eigenvalue weighted by molar-refractivity contribution is 6.01. The highest BCUT2D eigenvalue weighted by Crippen LogP contribution is 2.31. The van der Waals surface area contributed by atoms with Crippen LogP contribution in [0.25, 0.3) is 0 Å². The van der Waals surface area contributed by atoms with Gasteiger partial charge in [0.25, 0.3) is 0 Å². The normalized spacial score (nSPS) is 28.4. The van der Waals surface area contributed by atoms with Crippen molar-refractivity contribution in [1.82, 2.24) is 10.6 Å². The summed E-state index contributed by atoms with van der Waals surface area (Å²) in [4.78, 5) is 23.8. The summed E-state index contributed by atoms with van der Waals surface area (Å²) in [6, 6.07) is 0. The minimum Gasteiger partial charge on any atom is -0.340 e. The van der Waals surface area contributed by atoms with Crippen LogP contribution in [-0.2, 0) is 9.59 Å². The summed E-state index contributed by atoms with van der Waals surface area (Å²) in [6.45, 7) is 3.46. The molecule has 1 saturated carbocycles. The van der Waals surface area contributed by atoms with Crippen LogP contribution in [0, 0.1) is 0 Å². The third-order valence-electron chi connectivity index (χ3n) is 3.49. The van der Waals surface area contributed by atoms with Crippen LogP contribution in [0.3, 0.4) is 0 Å². The van der Waals surface area contributed by atoms with Gasteiger partial charge in [0.1, 0.15) is 11.1 Å². The van der Waals surface area contributed by atoms with Crippen molar-refractivity contribution in [2.24, 2.45) is 0 Å². The Hall–Kier alpha value is -1.06. The van der Waals surface area contributed by atoms with Crippen LogP contribution in [0.15, 0.2) is 0 Å². The summed E-state index contributed by atoms with van der Waals surface area (Å²) in [5.74, 6) is -0.0733. The quantitative estimate of drug-likeness (QED) is 0.618. The van der Waals surface area contributed by atoms with Gasteiger partial charge >= 0.3 is 0 Å². The van der Waals surface area contributed by atoms with Gasteiger partial charge < -0.3 is 10.6 Å². The van der Waals surface area contributed by atoms with E-state index >= 15 is 0 Å². The molecule has 2 fully saturated rings. The second-order valence-electron chi connectivity index (χ2n) is 5.18. The minimum atomic E-state index is -0.764. The lowest BCUT2D eigenvalue weighted by molar-refractivity contribution is -0.146. The average Bonchev–Trinajstić information content (AvgIpc) is 2.16. The Bertz CT molecular complexity index is 304. The zero-order chi connectivity index (χ0) is 11.1. The van der Waals surface area contributed by atoms with E-state index in [0.29, 0.717) is 0 Å². The van der Waals surface area contributed by atoms with E-state index in [0.717, 1.165) is 32.1 Å². The minimum absolute atomic E-state index is 0.00759. The van der Waals surface area contributed by atoms with Gasteiger partial charge in [0.15, 0.2) is 0 Å². The van der Waals surface area contributed by atoms with Gasteiger partial charge in [0.05, 0.1) is 0 Å². The van der Waals surface area contributed by atoms with Crippen LogP contribution in [0.1, 0.15) is 46.0 Å². The predicted octanol–water partition coefficient (Wildman–Crippen LogP) is 0.714. The summed E-state index contributed by atoms with van der Waals surface area (Å²) in [7, 11) is 0. The first-order valence-corrected chi connectivity index (χ1v) is 5.62. The highest BCUT2D eigenvalue weighted by Gasteiger charge is 2.49. The van der Waals surface area contributed by atoms with Gasteiger partial charge in [-0.1, -0.05) is 19.3 Å². The van der Waals surface area contributed by atoms with Crippen molar-refractivity contribution < 1.29 is 9.59 Å². The second-order valence-corrected chi connectivity index (χ2v) is 5.18. The topological polar surface area (TPSA) is 58.2 Å². The van der Waals surface area contributed by atoms with Crippen molar-refractivity contribution in [3.05, 3.63) is 0 Å². The molecule has 2 aliphatic rings. The molecule has 1 heterocycles. The van der Waals surface area contributed by atoms with Crippen LogP contribution >= 0.6 is 0 Å². The Balaban J connectivity index is 2.22. The van der Waals surface area contributed by atoms with E-state index in [1.54, 1.807) is 13.8 Å². The van der Waals surface area contributed by atoms with E-state index < -0.39 is 11.1 Å². The molecule has 1 aliphatic carbocycles. The van der Waals surface area contributed by atoms with E-state index in [4.69, 9.17) is 0 Å². The van der Waals surface area contributed by atoms with Crippen LogP contribution < -0.4 is 10.6 Å². The molecule has 0 atom stereocenters. The van der Waals surface area contributed by atoms with Gasteiger partial charge in [0.2, 0.25) is 11.8 Å². The molecular weight excluding hydrogens is 192 g/mol. The van der Waals surface area contributed by atoms with E-state index in [9.17, 15) is 9.59 Å². The molecule has 2 N–H and O–H groups in total. The lowest BCUT2D eigenvalue weighted by Crippen LogP contribution is -2.73. The van der Waals surface area contributed by atoms with Gasteiger partial charge in [-0.3, -0.25) is 9.59 Å². The van der Waals surface area contributed by atoms with Crippen molar-refractivity contribution in [1.29, 1.82) is 0 Å². The molecule has 4 nitrogen and oxygen atoms in total. The Morgan fingerprint density at radius 1 is 0.933 bits per heavy atom. The molecule has 0 bridgehead atoms. The molecule has 0 radical (unpaired) electrons. The van der Waals surface area contributed by atoms with Crippen molar-refractivity contribution in [3.8, 4) is 0 Å². The number of carbonyl (C=O) groups excluding carboxylic acids is 2. The SMILES string of the molecule is CC1(C)NC(=O)C2(CCCCC2)NC1=O. The first-order valence-electron chi connectivity index (χ1n) is 5.62. The lowest BCUT2D eigenvalue weighted by atomic mass is 9.78. The van der Waals surface area contributed by atoms with Crippen molar-refractivity contribution in [2.45, 2.75) is 57.0 Å². The fraction of sp³-hybridized carbons (Fsp3) is 0.818. The summed E-state index contributed by atoms with van der Waals surface area (Å²) in [5, 5.41) is 5.74. The zero-order valence-electron chi connectivity index (χ0n) is 9.35. The van der Waals surface area contributed by atoms with Crippen molar-refractivity contribution >= 4 is 11.8 Å². The summed E-state index contributed by atoms with van der Waals surface area (Å²) >= 11 is 0. The number of carbonyl (C=O) groups is 2. The maximum atomic E-state index is 12.0. The number of piperazine rings is 1. The Labute approximate surface area is 89.8 Å². The smallest absolute Gasteiger partial charge is 0.246 e. The van der Waals surface area contributed by atoms with E-state index in [1.807, 2.05) is 0 Å². The first kappa shape index (κ1) is 10.5. The molecule has 2 rings (SSSR count). The van der Waals surface area contributed by atoms with Crippen molar-refractivity contribution in [2.75, 3.05) is 0 Å². The average molecular weight is 210 g/mol. The molecule has 0 aromatic rings. The molecule has 15 heavy (non-hydrogen) atoms. The molecule has 0 aromatic carbocycles. The number of amides is 2. The largest absolute Gasteiger partial charge is 0.340 e. The lowest BCUT2D eigenvalue weighted by Gasteiger charge is -2.45. The maximum absolute atomic E-state index is 12.0. The molecular formula is C11H18N2O2. The van der Waals surface area contributed by atoms with Gasteiger partial charge in [0, 0.05) is 0 Å². The Morgan fingerprint density at radius 2 is 1.53 bits per heavy atom.